The molecule has 3 nitrogen and oxygen atoms in total. The zero-order chi connectivity index (χ0) is 13.0. The summed E-state index contributed by atoms with van der Waals surface area (Å²) in [6.07, 6.45) is -2.71. The maximum atomic E-state index is 12.6. The number of nitriles is 1. The van der Waals surface area contributed by atoms with Gasteiger partial charge in [-0.15, -0.1) is 0 Å². The lowest BCUT2D eigenvalue weighted by Crippen LogP contribution is -2.05. The Kier molecular flexibility index (Phi) is 4.16. The van der Waals surface area contributed by atoms with Crippen LogP contribution in [0.15, 0.2) is 12.1 Å². The molecule has 0 bridgehead atoms. The molecule has 0 radical (unpaired) electrons. The summed E-state index contributed by atoms with van der Waals surface area (Å²) >= 11 is 0. The summed E-state index contributed by atoms with van der Waals surface area (Å²) in [6.45, 7) is 3.17. The van der Waals surface area contributed by atoms with Crippen LogP contribution in [0.5, 0.6) is 5.75 Å². The third kappa shape index (κ3) is 2.78. The minimum Gasteiger partial charge on any atom is -0.493 e. The first-order valence-corrected chi connectivity index (χ1v) is 5.01. The summed E-state index contributed by atoms with van der Waals surface area (Å²) in [6, 6.07) is 3.86. The molecule has 0 aliphatic rings. The quantitative estimate of drug-likeness (QED) is 0.758. The summed E-state index contributed by atoms with van der Waals surface area (Å²) < 4.78 is 30.3. The second-order valence-electron chi connectivity index (χ2n) is 3.34. The first-order chi connectivity index (χ1) is 8.01. The van der Waals surface area contributed by atoms with Crippen LogP contribution in [0.4, 0.5) is 8.78 Å². The molecule has 90 valence electrons. The lowest BCUT2D eigenvalue weighted by atomic mass is 10.0. The molecule has 0 aromatic heterocycles. The first kappa shape index (κ1) is 13.1. The highest BCUT2D eigenvalue weighted by molar-refractivity contribution is 5.99. The van der Waals surface area contributed by atoms with Gasteiger partial charge in [0.25, 0.3) is 6.43 Å². The van der Waals surface area contributed by atoms with E-state index in [2.05, 4.69) is 0 Å². The van der Waals surface area contributed by atoms with Crippen molar-refractivity contribution in [1.29, 1.82) is 5.26 Å². The molecule has 0 heterocycles. The highest BCUT2D eigenvalue weighted by atomic mass is 19.3. The minimum atomic E-state index is -2.71. The van der Waals surface area contributed by atoms with Crippen molar-refractivity contribution in [3.63, 3.8) is 0 Å². The van der Waals surface area contributed by atoms with E-state index in [4.69, 9.17) is 10.00 Å². The number of alkyl halides is 2. The van der Waals surface area contributed by atoms with Crippen LogP contribution in [0.2, 0.25) is 0 Å². The van der Waals surface area contributed by atoms with Gasteiger partial charge in [0.05, 0.1) is 17.7 Å². The molecule has 0 fully saturated rings. The van der Waals surface area contributed by atoms with Crippen LogP contribution in [-0.2, 0) is 0 Å². The van der Waals surface area contributed by atoms with Crippen LogP contribution < -0.4 is 4.74 Å². The van der Waals surface area contributed by atoms with Crippen molar-refractivity contribution in [2.75, 3.05) is 6.61 Å². The molecular weight excluding hydrogens is 228 g/mol. The van der Waals surface area contributed by atoms with E-state index in [1.165, 1.54) is 6.92 Å². The van der Waals surface area contributed by atoms with Crippen LogP contribution in [0, 0.1) is 11.3 Å². The largest absolute Gasteiger partial charge is 0.493 e. The van der Waals surface area contributed by atoms with Gasteiger partial charge >= 0.3 is 0 Å². The van der Waals surface area contributed by atoms with Crippen molar-refractivity contribution < 1.29 is 18.3 Å². The average molecular weight is 239 g/mol. The highest BCUT2D eigenvalue weighted by Crippen LogP contribution is 2.30. The zero-order valence-electron chi connectivity index (χ0n) is 9.46. The van der Waals surface area contributed by atoms with E-state index in [-0.39, 0.29) is 34.8 Å². The number of hydrogen-bond donors (Lipinski definition) is 0. The van der Waals surface area contributed by atoms with E-state index >= 15 is 0 Å². The topological polar surface area (TPSA) is 50.1 Å². The monoisotopic (exact) mass is 239 g/mol. The number of halogens is 2. The molecular formula is C12H11F2NO2. The van der Waals surface area contributed by atoms with E-state index in [1.54, 1.807) is 13.0 Å². The van der Waals surface area contributed by atoms with E-state index < -0.39 is 6.43 Å². The predicted octanol–water partition coefficient (Wildman–Crippen LogP) is 3.10. The maximum absolute atomic E-state index is 12.6. The third-order valence-corrected chi connectivity index (χ3v) is 2.15. The fourth-order valence-electron chi connectivity index (χ4n) is 1.48. The molecule has 0 aliphatic carbocycles. The summed E-state index contributed by atoms with van der Waals surface area (Å²) in [7, 11) is 0. The zero-order valence-corrected chi connectivity index (χ0v) is 9.46. The van der Waals surface area contributed by atoms with Crippen molar-refractivity contribution >= 4 is 5.78 Å². The number of ether oxygens (including phenoxy) is 1. The van der Waals surface area contributed by atoms with Gasteiger partial charge in [-0.1, -0.05) is 0 Å². The molecule has 0 atom stereocenters. The number of benzene rings is 1. The summed E-state index contributed by atoms with van der Waals surface area (Å²) in [5.74, 6) is -0.347. The number of carbonyl (C=O) groups excluding carboxylic acids is 1. The van der Waals surface area contributed by atoms with Gasteiger partial charge in [0, 0.05) is 5.56 Å². The molecule has 0 saturated heterocycles. The van der Waals surface area contributed by atoms with E-state index in [0.29, 0.717) is 0 Å². The Balaban J connectivity index is 3.47. The molecule has 0 saturated carbocycles. The van der Waals surface area contributed by atoms with Gasteiger partial charge in [0.2, 0.25) is 0 Å². The number of hydrogen-bond acceptors (Lipinski definition) is 3. The molecule has 0 spiro atoms. The SMILES string of the molecule is CCOc1cc(C(F)F)cc(C#N)c1C(C)=O. The second kappa shape index (κ2) is 5.39. The molecule has 1 rings (SSSR count). The Morgan fingerprint density at radius 1 is 1.53 bits per heavy atom. The fraction of sp³-hybridized carbons (Fsp3) is 0.333. The number of ketones is 1. The molecule has 1 aromatic rings. The van der Waals surface area contributed by atoms with E-state index in [1.807, 2.05) is 0 Å². The molecule has 0 aliphatic heterocycles. The number of nitrogens with zero attached hydrogens (tertiary/aromatic N) is 1. The van der Waals surface area contributed by atoms with Crippen LogP contribution in [0.1, 0.15) is 41.8 Å². The fourth-order valence-corrected chi connectivity index (χ4v) is 1.48. The average Bonchev–Trinajstić information content (AvgIpc) is 2.27. The third-order valence-electron chi connectivity index (χ3n) is 2.15. The summed E-state index contributed by atoms with van der Waals surface area (Å²) in [5.41, 5.74) is -0.354. The minimum absolute atomic E-state index is 0.0364. The van der Waals surface area contributed by atoms with Crippen LogP contribution >= 0.6 is 0 Å². The molecule has 0 N–H and O–H groups in total. The van der Waals surface area contributed by atoms with Crippen molar-refractivity contribution in [3.05, 3.63) is 28.8 Å². The van der Waals surface area contributed by atoms with Gasteiger partial charge in [0.1, 0.15) is 11.8 Å². The standard InChI is InChI=1S/C12H11F2NO2/c1-3-17-10-5-8(12(13)14)4-9(6-15)11(10)7(2)16/h4-5,12H,3H2,1-2H3. The highest BCUT2D eigenvalue weighted by Gasteiger charge is 2.19. The number of rotatable bonds is 4. The lowest BCUT2D eigenvalue weighted by Gasteiger charge is -2.11. The number of carbonyl (C=O) groups is 1. The Morgan fingerprint density at radius 3 is 2.59 bits per heavy atom. The lowest BCUT2D eigenvalue weighted by molar-refractivity contribution is 0.101. The number of Topliss-reactive ketones (excluding diaryl/α,β-unsaturated/α-hetero) is 1. The Morgan fingerprint density at radius 2 is 2.18 bits per heavy atom. The van der Waals surface area contributed by atoms with Crippen molar-refractivity contribution in [3.8, 4) is 11.8 Å². The van der Waals surface area contributed by atoms with Crippen molar-refractivity contribution in [2.24, 2.45) is 0 Å². The second-order valence-corrected chi connectivity index (χ2v) is 3.34. The van der Waals surface area contributed by atoms with Gasteiger partial charge in [-0.25, -0.2) is 8.78 Å². The summed E-state index contributed by atoms with van der Waals surface area (Å²) in [5, 5.41) is 8.86. The van der Waals surface area contributed by atoms with Gasteiger partial charge < -0.3 is 4.74 Å². The Bertz CT molecular complexity index is 478. The normalized spacial score (nSPS) is 10.1. The summed E-state index contributed by atoms with van der Waals surface area (Å²) in [4.78, 5) is 11.4. The maximum Gasteiger partial charge on any atom is 0.264 e. The van der Waals surface area contributed by atoms with E-state index in [0.717, 1.165) is 12.1 Å². The van der Waals surface area contributed by atoms with Crippen LogP contribution in [-0.4, -0.2) is 12.4 Å². The smallest absolute Gasteiger partial charge is 0.264 e. The first-order valence-electron chi connectivity index (χ1n) is 5.01. The molecule has 17 heavy (non-hydrogen) atoms. The molecule has 0 amide bonds. The van der Waals surface area contributed by atoms with Crippen LogP contribution in [0.3, 0.4) is 0 Å². The Labute approximate surface area is 97.6 Å². The Hall–Kier alpha value is -1.96. The van der Waals surface area contributed by atoms with E-state index in [9.17, 15) is 13.6 Å². The molecule has 0 unspecified atom stereocenters. The van der Waals surface area contributed by atoms with Gasteiger partial charge in [-0.3, -0.25) is 4.79 Å². The molecule has 5 heteroatoms. The van der Waals surface area contributed by atoms with Gasteiger partial charge in [-0.05, 0) is 26.0 Å². The van der Waals surface area contributed by atoms with Gasteiger partial charge in [-0.2, -0.15) is 5.26 Å². The van der Waals surface area contributed by atoms with Crippen molar-refractivity contribution in [2.45, 2.75) is 20.3 Å². The predicted molar refractivity (Wildman–Crippen MR) is 57.3 cm³/mol. The van der Waals surface area contributed by atoms with Gasteiger partial charge in [0.15, 0.2) is 5.78 Å². The van der Waals surface area contributed by atoms with Crippen LogP contribution in [0.25, 0.3) is 0 Å². The molecule has 1 aromatic carbocycles. The van der Waals surface area contributed by atoms with Crippen molar-refractivity contribution in [1.82, 2.24) is 0 Å².